The number of pyridine rings is 1. The molecule has 0 atom stereocenters. The number of para-hydroxylation sites is 4. The van der Waals surface area contributed by atoms with Crippen LogP contribution in [-0.4, -0.2) is 13.5 Å². The Morgan fingerprint density at radius 1 is 0.237 bits per heavy atom. The number of benzene rings is 9. The maximum Gasteiger partial charge on any atom is 0.0626 e. The van der Waals surface area contributed by atoms with Gasteiger partial charge in [-0.25, -0.2) is 0 Å². The fourth-order valence-electron chi connectivity index (χ4n) is 10.1. The van der Waals surface area contributed by atoms with E-state index in [1.165, 1.54) is 110 Å². The standard InChI is InChI=1S/C56H35N3/c1-3-15-36(16-4-1)55-46-30-29-40(35-54(46)59-51-26-14-9-20-42(51)41-19-7-8-23-45(41)56(55)59)58-50-25-13-11-22-44(50)48-34-38(28-32-53(48)58)37-27-31-52-47(33-37)43-21-10-12-24-49(43)57(52)39-17-5-2-6-18-39/h1-35H. The Morgan fingerprint density at radius 2 is 0.712 bits per heavy atom. The lowest BCUT2D eigenvalue weighted by molar-refractivity contribution is 1.18. The van der Waals surface area contributed by atoms with Crippen molar-refractivity contribution in [3.05, 3.63) is 212 Å². The summed E-state index contributed by atoms with van der Waals surface area (Å²) in [5, 5.41) is 10.0. The van der Waals surface area contributed by atoms with E-state index in [-0.39, 0.29) is 0 Å². The first-order chi connectivity index (χ1) is 29.3. The molecular formula is C56H35N3. The minimum Gasteiger partial charge on any atom is -0.309 e. The summed E-state index contributed by atoms with van der Waals surface area (Å²) in [5.74, 6) is 0. The Balaban J connectivity index is 1.05. The van der Waals surface area contributed by atoms with Crippen LogP contribution in [0.5, 0.6) is 0 Å². The zero-order chi connectivity index (χ0) is 38.6. The molecule has 0 unspecified atom stereocenters. The van der Waals surface area contributed by atoms with E-state index in [4.69, 9.17) is 0 Å². The van der Waals surface area contributed by atoms with E-state index in [9.17, 15) is 0 Å². The number of hydrogen-bond acceptors (Lipinski definition) is 0. The predicted octanol–water partition coefficient (Wildman–Crippen LogP) is 14.9. The first-order valence-corrected chi connectivity index (χ1v) is 20.4. The highest BCUT2D eigenvalue weighted by Crippen LogP contribution is 2.44. The van der Waals surface area contributed by atoms with Crippen LogP contribution in [0, 0.1) is 0 Å². The van der Waals surface area contributed by atoms with Crippen molar-refractivity contribution in [2.75, 3.05) is 0 Å². The molecule has 3 nitrogen and oxygen atoms in total. The van der Waals surface area contributed by atoms with E-state index < -0.39 is 0 Å². The zero-order valence-corrected chi connectivity index (χ0v) is 32.0. The molecule has 0 N–H and O–H groups in total. The lowest BCUT2D eigenvalue weighted by atomic mass is 9.99. The van der Waals surface area contributed by atoms with Gasteiger partial charge in [-0.3, -0.25) is 0 Å². The lowest BCUT2D eigenvalue weighted by Crippen LogP contribution is -1.95. The van der Waals surface area contributed by atoms with E-state index in [0.29, 0.717) is 0 Å². The number of fused-ring (bicyclic) bond motifs is 14. The molecule has 13 rings (SSSR count). The predicted molar refractivity (Wildman–Crippen MR) is 249 cm³/mol. The maximum absolute atomic E-state index is 2.51. The summed E-state index contributed by atoms with van der Waals surface area (Å²) in [5.41, 5.74) is 15.7. The van der Waals surface area contributed by atoms with Gasteiger partial charge in [0.1, 0.15) is 0 Å². The fourth-order valence-corrected chi connectivity index (χ4v) is 10.1. The average Bonchev–Trinajstić information content (AvgIpc) is 3.95. The SMILES string of the molecule is c1ccc(-c2c3ccc(-n4c5ccccc5c5cc(-c6ccc7c(c6)c6ccccc6n7-c6ccccc6)ccc54)cc3n3c4ccccc4c4ccccc4c23)cc1. The quantitative estimate of drug-likeness (QED) is 0.159. The molecule has 3 heteroatoms. The van der Waals surface area contributed by atoms with Gasteiger partial charge < -0.3 is 13.5 Å². The molecule has 0 fully saturated rings. The molecule has 0 bridgehead atoms. The highest BCUT2D eigenvalue weighted by Gasteiger charge is 2.21. The summed E-state index contributed by atoms with van der Waals surface area (Å²) in [6.07, 6.45) is 0. The van der Waals surface area contributed by atoms with Crippen LogP contribution < -0.4 is 0 Å². The minimum atomic E-state index is 1.14. The molecule has 0 radical (unpaired) electrons. The zero-order valence-electron chi connectivity index (χ0n) is 32.0. The molecule has 4 aromatic heterocycles. The molecule has 13 aromatic rings. The van der Waals surface area contributed by atoms with Gasteiger partial charge in [-0.2, -0.15) is 0 Å². The number of nitrogens with zero attached hydrogens (tertiary/aromatic N) is 3. The lowest BCUT2D eigenvalue weighted by Gasteiger charge is -2.12. The molecule has 4 heterocycles. The van der Waals surface area contributed by atoms with Crippen LogP contribution in [0.2, 0.25) is 0 Å². The third-order valence-corrected chi connectivity index (χ3v) is 12.6. The number of rotatable bonds is 4. The van der Waals surface area contributed by atoms with Crippen molar-refractivity contribution in [3.8, 4) is 33.6 Å². The minimum absolute atomic E-state index is 1.14. The van der Waals surface area contributed by atoms with Crippen LogP contribution in [0.3, 0.4) is 0 Å². The van der Waals surface area contributed by atoms with E-state index in [2.05, 4.69) is 226 Å². The molecule has 0 aliphatic heterocycles. The van der Waals surface area contributed by atoms with Crippen molar-refractivity contribution in [2.45, 2.75) is 0 Å². The van der Waals surface area contributed by atoms with Crippen molar-refractivity contribution in [1.82, 2.24) is 13.5 Å². The van der Waals surface area contributed by atoms with Crippen LogP contribution in [0.4, 0.5) is 0 Å². The third kappa shape index (κ3) is 4.58. The summed E-state index contributed by atoms with van der Waals surface area (Å²) >= 11 is 0. The molecule has 0 amide bonds. The van der Waals surface area contributed by atoms with Gasteiger partial charge >= 0.3 is 0 Å². The first-order valence-electron chi connectivity index (χ1n) is 20.4. The van der Waals surface area contributed by atoms with Gasteiger partial charge in [-0.15, -0.1) is 0 Å². The van der Waals surface area contributed by atoms with Gasteiger partial charge in [0, 0.05) is 54.6 Å². The van der Waals surface area contributed by atoms with Crippen molar-refractivity contribution >= 4 is 81.7 Å². The Labute approximate surface area is 339 Å². The molecular weight excluding hydrogens is 715 g/mol. The first kappa shape index (κ1) is 32.2. The monoisotopic (exact) mass is 749 g/mol. The van der Waals surface area contributed by atoms with Crippen LogP contribution in [0.25, 0.3) is 115 Å². The number of aromatic nitrogens is 3. The second kappa shape index (κ2) is 12.3. The molecule has 0 saturated heterocycles. The normalized spacial score (nSPS) is 12.1. The van der Waals surface area contributed by atoms with Crippen LogP contribution in [-0.2, 0) is 0 Å². The summed E-state index contributed by atoms with van der Waals surface area (Å²) in [7, 11) is 0. The molecule has 0 aliphatic rings. The average molecular weight is 750 g/mol. The van der Waals surface area contributed by atoms with Crippen molar-refractivity contribution in [2.24, 2.45) is 0 Å². The van der Waals surface area contributed by atoms with Gasteiger partial charge in [-0.1, -0.05) is 146 Å². The molecule has 59 heavy (non-hydrogen) atoms. The maximum atomic E-state index is 2.51. The third-order valence-electron chi connectivity index (χ3n) is 12.6. The van der Waals surface area contributed by atoms with E-state index in [0.717, 1.165) is 5.69 Å². The molecule has 0 aliphatic carbocycles. The summed E-state index contributed by atoms with van der Waals surface area (Å²) < 4.78 is 7.34. The molecule has 0 spiro atoms. The Kier molecular flexibility index (Phi) is 6.72. The topological polar surface area (TPSA) is 14.3 Å². The van der Waals surface area contributed by atoms with Crippen LogP contribution in [0.15, 0.2) is 212 Å². The summed E-state index contributed by atoms with van der Waals surface area (Å²) in [6.45, 7) is 0. The Bertz CT molecular complexity index is 3830. The van der Waals surface area contributed by atoms with Gasteiger partial charge in [0.05, 0.1) is 38.6 Å². The largest absolute Gasteiger partial charge is 0.309 e. The van der Waals surface area contributed by atoms with Gasteiger partial charge in [0.15, 0.2) is 0 Å². The number of hydrogen-bond donors (Lipinski definition) is 0. The summed E-state index contributed by atoms with van der Waals surface area (Å²) in [6, 6.07) is 77.9. The smallest absolute Gasteiger partial charge is 0.0626 e. The van der Waals surface area contributed by atoms with Gasteiger partial charge in [-0.05, 0) is 88.8 Å². The van der Waals surface area contributed by atoms with Crippen LogP contribution in [0.1, 0.15) is 0 Å². The Hall–Kier alpha value is -7.88. The van der Waals surface area contributed by atoms with Crippen LogP contribution >= 0.6 is 0 Å². The molecule has 0 saturated carbocycles. The second-order valence-electron chi connectivity index (χ2n) is 15.7. The van der Waals surface area contributed by atoms with Crippen molar-refractivity contribution < 1.29 is 0 Å². The van der Waals surface area contributed by atoms with Crippen molar-refractivity contribution in [1.29, 1.82) is 0 Å². The molecule has 9 aromatic carbocycles. The highest BCUT2D eigenvalue weighted by atomic mass is 15.0. The second-order valence-corrected chi connectivity index (χ2v) is 15.7. The highest BCUT2D eigenvalue weighted by molar-refractivity contribution is 6.22. The van der Waals surface area contributed by atoms with E-state index >= 15 is 0 Å². The van der Waals surface area contributed by atoms with E-state index in [1.807, 2.05) is 0 Å². The van der Waals surface area contributed by atoms with Gasteiger partial charge in [0.25, 0.3) is 0 Å². The fraction of sp³-hybridized carbons (Fsp3) is 0. The molecule has 274 valence electrons. The Morgan fingerprint density at radius 3 is 1.34 bits per heavy atom. The van der Waals surface area contributed by atoms with Crippen molar-refractivity contribution in [3.63, 3.8) is 0 Å². The van der Waals surface area contributed by atoms with E-state index in [1.54, 1.807) is 0 Å². The van der Waals surface area contributed by atoms with Gasteiger partial charge in [0.2, 0.25) is 0 Å². The summed E-state index contributed by atoms with van der Waals surface area (Å²) in [4.78, 5) is 0.